The number of nitrogens with zero attached hydrogens (tertiary/aromatic N) is 2. The number of phosphoric ester groups is 1. The van der Waals surface area contributed by atoms with Crippen LogP contribution in [0.4, 0.5) is 0 Å². The van der Waals surface area contributed by atoms with E-state index in [-0.39, 0.29) is 34.9 Å². The molecule has 0 fully saturated rings. The van der Waals surface area contributed by atoms with E-state index < -0.39 is 17.7 Å². The molecule has 1 heterocycles. The number of hydrogen-bond donors (Lipinski definition) is 0. The van der Waals surface area contributed by atoms with Gasteiger partial charge in [0.25, 0.3) is 5.88 Å². The fourth-order valence-electron chi connectivity index (χ4n) is 1.50. The maximum atomic E-state index is 12.3. The maximum absolute atomic E-state index is 12.3. The van der Waals surface area contributed by atoms with E-state index in [1.54, 1.807) is 13.8 Å². The summed E-state index contributed by atoms with van der Waals surface area (Å²) in [6, 6.07) is 0. The van der Waals surface area contributed by atoms with Gasteiger partial charge in [-0.25, -0.2) is 13.0 Å². The first kappa shape index (κ1) is 18.4. The molecule has 0 radical (unpaired) electrons. The molecule has 122 valence electrons. The van der Waals surface area contributed by atoms with E-state index in [0.29, 0.717) is 0 Å². The van der Waals surface area contributed by atoms with Crippen LogP contribution < -0.4 is 4.52 Å². The van der Waals surface area contributed by atoms with Crippen molar-refractivity contribution < 1.29 is 26.6 Å². The zero-order valence-electron chi connectivity index (χ0n) is 12.2. The highest BCUT2D eigenvalue weighted by Crippen LogP contribution is 2.50. The van der Waals surface area contributed by atoms with Crippen molar-refractivity contribution in [2.24, 2.45) is 7.05 Å². The molecule has 21 heavy (non-hydrogen) atoms. The van der Waals surface area contributed by atoms with Crippen LogP contribution in [0.25, 0.3) is 0 Å². The molecule has 1 aromatic heterocycles. The van der Waals surface area contributed by atoms with E-state index in [0.717, 1.165) is 4.68 Å². The van der Waals surface area contributed by atoms with Gasteiger partial charge in [0.1, 0.15) is 5.02 Å². The SMILES string of the molecule is CCOP(=O)(OCC)Oc1nn(C)c(S(=O)(=O)CC)c1Cl. The molecule has 0 aromatic carbocycles. The molecule has 0 aliphatic heterocycles. The number of aryl methyl sites for hydroxylation is 1. The minimum atomic E-state index is -3.89. The molecule has 11 heteroatoms. The average molecular weight is 361 g/mol. The number of aromatic nitrogens is 2. The van der Waals surface area contributed by atoms with Crippen LogP contribution in [0.3, 0.4) is 0 Å². The van der Waals surface area contributed by atoms with Crippen LogP contribution in [-0.2, 0) is 30.5 Å². The third-order valence-electron chi connectivity index (χ3n) is 2.36. The van der Waals surface area contributed by atoms with Gasteiger partial charge >= 0.3 is 7.82 Å². The summed E-state index contributed by atoms with van der Waals surface area (Å²) in [7, 11) is -6.10. The van der Waals surface area contributed by atoms with E-state index >= 15 is 0 Å². The van der Waals surface area contributed by atoms with E-state index in [1.807, 2.05) is 0 Å². The predicted octanol–water partition coefficient (Wildman–Crippen LogP) is 2.43. The number of rotatable bonds is 8. The van der Waals surface area contributed by atoms with Crippen molar-refractivity contribution in [2.75, 3.05) is 19.0 Å². The zero-order valence-corrected chi connectivity index (χ0v) is 14.7. The first-order valence-electron chi connectivity index (χ1n) is 6.24. The molecule has 0 aliphatic carbocycles. The molecule has 0 unspecified atom stereocenters. The van der Waals surface area contributed by atoms with Gasteiger partial charge in [-0.1, -0.05) is 18.5 Å². The summed E-state index contributed by atoms with van der Waals surface area (Å²) in [5, 5.41) is 3.37. The van der Waals surface area contributed by atoms with Crippen LogP contribution in [-0.4, -0.2) is 37.2 Å². The number of halogens is 1. The van der Waals surface area contributed by atoms with Gasteiger partial charge in [0.15, 0.2) is 14.9 Å². The standard InChI is InChI=1S/C10H18ClN2O6PS/c1-5-17-20(14,18-6-2)19-9-8(11)10(13(4)12-9)21(15,16)7-3/h5-7H2,1-4H3. The van der Waals surface area contributed by atoms with Crippen molar-refractivity contribution in [1.29, 1.82) is 0 Å². The first-order valence-corrected chi connectivity index (χ1v) is 9.73. The van der Waals surface area contributed by atoms with Gasteiger partial charge < -0.3 is 4.52 Å². The Hall–Kier alpha value is -0.600. The molecule has 0 saturated heterocycles. The van der Waals surface area contributed by atoms with Crippen LogP contribution in [0.15, 0.2) is 5.03 Å². The van der Waals surface area contributed by atoms with Gasteiger partial charge in [0.2, 0.25) is 0 Å². The molecule has 8 nitrogen and oxygen atoms in total. The summed E-state index contributed by atoms with van der Waals surface area (Å²) in [5.74, 6) is -0.461. The number of hydrogen-bond acceptors (Lipinski definition) is 7. The van der Waals surface area contributed by atoms with Crippen LogP contribution in [0.2, 0.25) is 5.02 Å². The highest BCUT2D eigenvalue weighted by Gasteiger charge is 2.33. The van der Waals surface area contributed by atoms with Crippen molar-refractivity contribution in [1.82, 2.24) is 9.78 Å². The fraction of sp³-hybridized carbons (Fsp3) is 0.700. The highest BCUT2D eigenvalue weighted by atomic mass is 35.5. The summed E-state index contributed by atoms with van der Waals surface area (Å²) in [4.78, 5) is 0. The molecule has 0 spiro atoms. The van der Waals surface area contributed by atoms with Crippen molar-refractivity contribution in [3.05, 3.63) is 5.02 Å². The third kappa shape index (κ3) is 4.20. The molecular weight excluding hydrogens is 343 g/mol. The minimum absolute atomic E-state index is 0.0852. The zero-order chi connectivity index (χ0) is 16.3. The van der Waals surface area contributed by atoms with Crippen LogP contribution in [0.5, 0.6) is 5.88 Å². The summed E-state index contributed by atoms with van der Waals surface area (Å²) >= 11 is 5.98. The molecule has 0 saturated carbocycles. The van der Waals surface area contributed by atoms with E-state index in [4.69, 9.17) is 25.2 Å². The first-order chi connectivity index (χ1) is 9.70. The normalized spacial score (nSPS) is 12.6. The second-order valence-electron chi connectivity index (χ2n) is 3.83. The topological polar surface area (TPSA) is 96.7 Å². The minimum Gasteiger partial charge on any atom is -0.382 e. The fourth-order valence-corrected chi connectivity index (χ4v) is 4.34. The summed E-state index contributed by atoms with van der Waals surface area (Å²) in [6.45, 7) is 4.87. The molecule has 0 bridgehead atoms. The Kier molecular flexibility index (Phi) is 6.24. The maximum Gasteiger partial charge on any atom is 0.531 e. The van der Waals surface area contributed by atoms with Crippen molar-refractivity contribution in [2.45, 2.75) is 25.8 Å². The number of sulfone groups is 1. The summed E-state index contributed by atoms with van der Waals surface area (Å²) in [5.41, 5.74) is 0. The Morgan fingerprint density at radius 3 is 2.19 bits per heavy atom. The third-order valence-corrected chi connectivity index (χ3v) is 6.17. The second-order valence-corrected chi connectivity index (χ2v) is 7.99. The summed E-state index contributed by atoms with van der Waals surface area (Å²) in [6.07, 6.45) is 0. The van der Waals surface area contributed by atoms with Crippen LogP contribution in [0.1, 0.15) is 20.8 Å². The van der Waals surface area contributed by atoms with Gasteiger partial charge in [0, 0.05) is 7.05 Å². The van der Waals surface area contributed by atoms with Gasteiger partial charge in [-0.2, -0.15) is 0 Å². The smallest absolute Gasteiger partial charge is 0.382 e. The molecule has 0 aliphatic rings. The van der Waals surface area contributed by atoms with Crippen LogP contribution in [0, 0.1) is 0 Å². The second kappa shape index (κ2) is 7.11. The number of phosphoric acid groups is 1. The van der Waals surface area contributed by atoms with E-state index in [2.05, 4.69) is 5.10 Å². The summed E-state index contributed by atoms with van der Waals surface area (Å²) < 4.78 is 52.2. The van der Waals surface area contributed by atoms with Crippen molar-refractivity contribution in [3.8, 4) is 5.88 Å². The van der Waals surface area contributed by atoms with Crippen molar-refractivity contribution in [3.63, 3.8) is 0 Å². The Morgan fingerprint density at radius 1 is 1.24 bits per heavy atom. The molecule has 1 aromatic rings. The van der Waals surface area contributed by atoms with Crippen molar-refractivity contribution >= 4 is 29.3 Å². The van der Waals surface area contributed by atoms with Crippen LogP contribution >= 0.6 is 19.4 Å². The Labute approximate surface area is 128 Å². The Morgan fingerprint density at radius 2 is 1.76 bits per heavy atom. The van der Waals surface area contributed by atoms with E-state index in [1.165, 1.54) is 14.0 Å². The molecule has 1 rings (SSSR count). The Balaban J connectivity index is 3.23. The largest absolute Gasteiger partial charge is 0.531 e. The Bertz CT molecular complexity index is 634. The lowest BCUT2D eigenvalue weighted by molar-refractivity contribution is 0.165. The average Bonchev–Trinajstić information content (AvgIpc) is 2.65. The van der Waals surface area contributed by atoms with Gasteiger partial charge in [-0.05, 0) is 13.8 Å². The highest BCUT2D eigenvalue weighted by molar-refractivity contribution is 7.91. The van der Waals surface area contributed by atoms with E-state index in [9.17, 15) is 13.0 Å². The molecular formula is C10H18ClN2O6PS. The monoisotopic (exact) mass is 360 g/mol. The van der Waals surface area contributed by atoms with Gasteiger partial charge in [0.05, 0.1) is 19.0 Å². The lowest BCUT2D eigenvalue weighted by Gasteiger charge is -2.15. The molecule has 0 amide bonds. The van der Waals surface area contributed by atoms with Gasteiger partial charge in [-0.3, -0.25) is 13.7 Å². The quantitative estimate of drug-likeness (QED) is 0.657. The predicted molar refractivity (Wildman–Crippen MR) is 77.4 cm³/mol. The molecule has 0 N–H and O–H groups in total. The van der Waals surface area contributed by atoms with Gasteiger partial charge in [-0.15, -0.1) is 5.10 Å². The molecule has 0 atom stereocenters. The lowest BCUT2D eigenvalue weighted by atomic mass is 10.7. The lowest BCUT2D eigenvalue weighted by Crippen LogP contribution is -2.10.